The lowest BCUT2D eigenvalue weighted by Gasteiger charge is -2.39. The van der Waals surface area contributed by atoms with E-state index in [9.17, 15) is 18.0 Å². The van der Waals surface area contributed by atoms with Crippen molar-refractivity contribution in [1.82, 2.24) is 29.1 Å². The standard InChI is InChI=1S/C26H30ClF3N6O2Si/c1-25(2,3)39(4,5)38-21(26(28,29)30)15-34-23(18-11-13-19(27)14-12-18)33-35(24(34)37)16-22-31-17-36(32-22)20-9-7-6-8-10-20/h6-14,17,21H,15-16H2,1-5H3/t21-/m0/s1. The summed E-state index contributed by atoms with van der Waals surface area (Å²) < 4.78 is 52.2. The molecule has 208 valence electrons. The van der Waals surface area contributed by atoms with Crippen LogP contribution in [0, 0.1) is 0 Å². The highest BCUT2D eigenvalue weighted by Gasteiger charge is 2.48. The summed E-state index contributed by atoms with van der Waals surface area (Å²) in [6, 6.07) is 15.6. The van der Waals surface area contributed by atoms with E-state index in [1.54, 1.807) is 42.0 Å². The van der Waals surface area contributed by atoms with Crippen LogP contribution in [0.25, 0.3) is 17.1 Å². The van der Waals surface area contributed by atoms with Crippen LogP contribution in [0.15, 0.2) is 65.7 Å². The molecule has 0 saturated heterocycles. The van der Waals surface area contributed by atoms with Crippen LogP contribution in [0.5, 0.6) is 0 Å². The van der Waals surface area contributed by atoms with E-state index < -0.39 is 37.9 Å². The molecule has 39 heavy (non-hydrogen) atoms. The minimum atomic E-state index is -4.70. The van der Waals surface area contributed by atoms with Crippen molar-refractivity contribution in [3.63, 3.8) is 0 Å². The van der Waals surface area contributed by atoms with Crippen LogP contribution >= 0.6 is 11.6 Å². The summed E-state index contributed by atoms with van der Waals surface area (Å²) in [5, 5.41) is 8.76. The first-order valence-electron chi connectivity index (χ1n) is 12.3. The number of para-hydroxylation sites is 1. The maximum Gasteiger partial charge on any atom is 0.415 e. The van der Waals surface area contributed by atoms with Gasteiger partial charge in [0.05, 0.1) is 12.2 Å². The van der Waals surface area contributed by atoms with Crippen LogP contribution in [0.4, 0.5) is 13.2 Å². The number of hydrogen-bond acceptors (Lipinski definition) is 5. The third-order valence-corrected chi connectivity index (χ3v) is 11.6. The molecule has 0 spiro atoms. The predicted octanol–water partition coefficient (Wildman–Crippen LogP) is 5.95. The molecule has 0 radical (unpaired) electrons. The molecule has 2 aromatic heterocycles. The molecule has 1 atom stereocenters. The van der Waals surface area contributed by atoms with Gasteiger partial charge in [0.1, 0.15) is 12.9 Å². The van der Waals surface area contributed by atoms with Crippen molar-refractivity contribution in [2.45, 2.75) is 64.3 Å². The molecule has 0 N–H and O–H groups in total. The van der Waals surface area contributed by atoms with E-state index in [0.717, 1.165) is 14.9 Å². The lowest BCUT2D eigenvalue weighted by molar-refractivity contribution is -0.202. The molecule has 0 amide bonds. The van der Waals surface area contributed by atoms with Gasteiger partial charge in [-0.25, -0.2) is 19.1 Å². The lowest BCUT2D eigenvalue weighted by Crippen LogP contribution is -2.50. The minimum absolute atomic E-state index is 0.0623. The van der Waals surface area contributed by atoms with E-state index >= 15 is 0 Å². The fourth-order valence-corrected chi connectivity index (χ4v) is 5.03. The lowest BCUT2D eigenvalue weighted by atomic mass is 10.2. The van der Waals surface area contributed by atoms with Crippen LogP contribution in [-0.2, 0) is 17.5 Å². The normalized spacial score (nSPS) is 13.6. The van der Waals surface area contributed by atoms with E-state index in [1.165, 1.54) is 6.33 Å². The zero-order chi connectivity index (χ0) is 28.6. The Kier molecular flexibility index (Phi) is 7.93. The van der Waals surface area contributed by atoms with Crippen LogP contribution in [0.3, 0.4) is 0 Å². The second-order valence-electron chi connectivity index (χ2n) is 10.7. The number of benzene rings is 2. The highest BCUT2D eigenvalue weighted by molar-refractivity contribution is 6.74. The highest BCUT2D eigenvalue weighted by Crippen LogP contribution is 2.40. The largest absolute Gasteiger partial charge is 0.415 e. The molecule has 0 aliphatic carbocycles. The molecule has 0 aliphatic rings. The van der Waals surface area contributed by atoms with Crippen molar-refractivity contribution < 1.29 is 17.6 Å². The fraction of sp³-hybridized carbons (Fsp3) is 0.385. The number of hydrogen-bond donors (Lipinski definition) is 0. The first-order chi connectivity index (χ1) is 18.2. The monoisotopic (exact) mass is 578 g/mol. The Balaban J connectivity index is 1.73. The molecule has 13 heteroatoms. The number of rotatable bonds is 8. The summed E-state index contributed by atoms with van der Waals surface area (Å²) in [6.45, 7) is 8.18. The molecule has 4 aromatic rings. The SMILES string of the molecule is CC(C)(C)[Si](C)(C)O[C@@H](Cn1c(-c2ccc(Cl)cc2)nn(Cc2ncn(-c3ccccc3)n2)c1=O)C(F)(F)F. The summed E-state index contributed by atoms with van der Waals surface area (Å²) in [7, 11) is -2.84. The number of aromatic nitrogens is 6. The summed E-state index contributed by atoms with van der Waals surface area (Å²) >= 11 is 6.02. The topological polar surface area (TPSA) is 79.8 Å². The Morgan fingerprint density at radius 3 is 2.23 bits per heavy atom. The maximum absolute atomic E-state index is 14.3. The third-order valence-electron chi connectivity index (χ3n) is 6.83. The van der Waals surface area contributed by atoms with Crippen LogP contribution in [0.1, 0.15) is 26.6 Å². The van der Waals surface area contributed by atoms with Crippen LogP contribution in [0.2, 0.25) is 23.2 Å². The summed E-state index contributed by atoms with van der Waals surface area (Å²) in [6.07, 6.45) is -5.40. The van der Waals surface area contributed by atoms with E-state index in [4.69, 9.17) is 16.0 Å². The molecular formula is C26H30ClF3N6O2Si. The second-order valence-corrected chi connectivity index (χ2v) is 15.9. The average molecular weight is 579 g/mol. The molecule has 4 rings (SSSR count). The van der Waals surface area contributed by atoms with Gasteiger partial charge in [0.15, 0.2) is 26.1 Å². The Bertz CT molecular complexity index is 1470. The Labute approximate surface area is 230 Å². The zero-order valence-corrected chi connectivity index (χ0v) is 24.0. The number of nitrogens with zero attached hydrogens (tertiary/aromatic N) is 6. The minimum Gasteiger partial charge on any atom is -0.404 e. The number of halogens is 4. The maximum atomic E-state index is 14.3. The average Bonchev–Trinajstić information content (AvgIpc) is 3.44. The summed E-state index contributed by atoms with van der Waals surface area (Å²) in [4.78, 5) is 17.8. The van der Waals surface area contributed by atoms with Gasteiger partial charge >= 0.3 is 11.9 Å². The Morgan fingerprint density at radius 1 is 1.00 bits per heavy atom. The van der Waals surface area contributed by atoms with E-state index in [2.05, 4.69) is 15.2 Å². The third kappa shape index (κ3) is 6.51. The van der Waals surface area contributed by atoms with Gasteiger partial charge in [0, 0.05) is 10.6 Å². The first-order valence-corrected chi connectivity index (χ1v) is 15.6. The quantitative estimate of drug-likeness (QED) is 0.242. The van der Waals surface area contributed by atoms with Crippen molar-refractivity contribution in [2.24, 2.45) is 0 Å². The first kappa shape index (κ1) is 28.8. The Hall–Kier alpha value is -3.22. The van der Waals surface area contributed by atoms with Crippen molar-refractivity contribution >= 4 is 19.9 Å². The van der Waals surface area contributed by atoms with Gasteiger partial charge in [-0.05, 0) is 54.5 Å². The smallest absolute Gasteiger partial charge is 0.404 e. The van der Waals surface area contributed by atoms with Crippen molar-refractivity contribution in [3.05, 3.63) is 82.3 Å². The van der Waals surface area contributed by atoms with Crippen LogP contribution < -0.4 is 5.69 Å². The van der Waals surface area contributed by atoms with E-state index in [0.29, 0.717) is 10.6 Å². The van der Waals surface area contributed by atoms with Gasteiger partial charge in [-0.15, -0.1) is 10.2 Å². The molecule has 2 heterocycles. The van der Waals surface area contributed by atoms with Crippen molar-refractivity contribution in [2.75, 3.05) is 0 Å². The summed E-state index contributed by atoms with van der Waals surface area (Å²) in [5.41, 5.74) is 0.474. The van der Waals surface area contributed by atoms with Crippen LogP contribution in [-0.4, -0.2) is 49.7 Å². The molecule has 0 unspecified atom stereocenters. The van der Waals surface area contributed by atoms with E-state index in [-0.39, 0.29) is 18.2 Å². The van der Waals surface area contributed by atoms with Crippen molar-refractivity contribution in [3.8, 4) is 17.1 Å². The van der Waals surface area contributed by atoms with Gasteiger partial charge in [0.2, 0.25) is 0 Å². The molecular weight excluding hydrogens is 549 g/mol. The number of alkyl halides is 3. The fourth-order valence-electron chi connectivity index (χ4n) is 3.64. The summed E-state index contributed by atoms with van der Waals surface area (Å²) in [5.74, 6) is 0.338. The van der Waals surface area contributed by atoms with Gasteiger partial charge in [-0.2, -0.15) is 13.2 Å². The molecule has 0 saturated carbocycles. The highest BCUT2D eigenvalue weighted by atomic mass is 35.5. The van der Waals surface area contributed by atoms with E-state index in [1.807, 2.05) is 51.1 Å². The molecule has 0 aliphatic heterocycles. The van der Waals surface area contributed by atoms with Gasteiger partial charge < -0.3 is 4.43 Å². The predicted molar refractivity (Wildman–Crippen MR) is 146 cm³/mol. The Morgan fingerprint density at radius 2 is 1.64 bits per heavy atom. The van der Waals surface area contributed by atoms with Gasteiger partial charge in [-0.1, -0.05) is 50.6 Å². The zero-order valence-electron chi connectivity index (χ0n) is 22.3. The molecule has 0 bridgehead atoms. The van der Waals surface area contributed by atoms with Crippen molar-refractivity contribution in [1.29, 1.82) is 0 Å². The molecule has 0 fully saturated rings. The van der Waals surface area contributed by atoms with Gasteiger partial charge in [-0.3, -0.25) is 4.57 Å². The second kappa shape index (κ2) is 10.7. The molecule has 2 aromatic carbocycles. The van der Waals surface area contributed by atoms with Gasteiger partial charge in [0.25, 0.3) is 0 Å². The molecule has 8 nitrogen and oxygen atoms in total.